The van der Waals surface area contributed by atoms with Gasteiger partial charge in [-0.3, -0.25) is 9.59 Å². The Morgan fingerprint density at radius 1 is 1.21 bits per heavy atom. The largest absolute Gasteiger partial charge is 0.307 e. The molecule has 2 aliphatic rings. The Hall–Kier alpha value is -2.43. The van der Waals surface area contributed by atoms with Crippen LogP contribution >= 0.6 is 0 Å². The zero-order valence-electron chi connectivity index (χ0n) is 14.0. The Kier molecular flexibility index (Phi) is 3.52. The van der Waals surface area contributed by atoms with Crippen LogP contribution in [0.4, 0.5) is 5.69 Å². The molecule has 1 amide bonds. The summed E-state index contributed by atoms with van der Waals surface area (Å²) in [4.78, 5) is 27.1. The molecule has 0 N–H and O–H groups in total. The number of nitrogens with zero attached hydrogens (tertiary/aromatic N) is 3. The molecule has 1 saturated carbocycles. The summed E-state index contributed by atoms with van der Waals surface area (Å²) in [6.07, 6.45) is 3.08. The molecule has 2 atom stereocenters. The number of hydrogen-bond acceptors (Lipinski definition) is 3. The van der Waals surface area contributed by atoms with Gasteiger partial charge in [-0.05, 0) is 50.8 Å². The van der Waals surface area contributed by atoms with Crippen LogP contribution in [0.5, 0.6) is 0 Å². The van der Waals surface area contributed by atoms with Gasteiger partial charge in [0.05, 0.1) is 5.69 Å². The van der Waals surface area contributed by atoms with Crippen LogP contribution in [0.25, 0.3) is 0 Å². The number of fused-ring (bicyclic) bond motifs is 1. The molecule has 1 fully saturated rings. The Morgan fingerprint density at radius 3 is 2.71 bits per heavy atom. The molecule has 124 valence electrons. The highest BCUT2D eigenvalue weighted by Crippen LogP contribution is 2.38. The van der Waals surface area contributed by atoms with E-state index in [4.69, 9.17) is 0 Å². The van der Waals surface area contributed by atoms with Crippen LogP contribution in [-0.2, 0) is 11.2 Å². The molecule has 5 nitrogen and oxygen atoms in total. The molecule has 2 aromatic rings. The fraction of sp³-hybridized carbons (Fsp3) is 0.421. The standard InChI is InChI=1S/C19H21N3O2/c1-12-11-15-5-3-4-6-17(15)21(12)19(24)13(2)22-18(23)10-9-16(20-22)14-7-8-14/h3-6,9-10,12-14H,7-8,11H2,1-2H3. The van der Waals surface area contributed by atoms with E-state index in [0.29, 0.717) is 5.92 Å². The maximum atomic E-state index is 13.1. The molecule has 4 rings (SSSR count). The van der Waals surface area contributed by atoms with Gasteiger partial charge in [-0.1, -0.05) is 18.2 Å². The monoisotopic (exact) mass is 323 g/mol. The number of carbonyl (C=O) groups is 1. The van der Waals surface area contributed by atoms with Gasteiger partial charge < -0.3 is 4.90 Å². The van der Waals surface area contributed by atoms with Crippen molar-refractivity contribution in [2.45, 2.75) is 51.1 Å². The smallest absolute Gasteiger partial charge is 0.267 e. The van der Waals surface area contributed by atoms with Crippen LogP contribution in [0.1, 0.15) is 49.9 Å². The average Bonchev–Trinajstić information content (AvgIpc) is 3.36. The summed E-state index contributed by atoms with van der Waals surface area (Å²) in [5.74, 6) is 0.376. The fourth-order valence-corrected chi connectivity index (χ4v) is 3.52. The number of amides is 1. The molecule has 1 aliphatic carbocycles. The van der Waals surface area contributed by atoms with Gasteiger partial charge in [0.25, 0.3) is 11.5 Å². The lowest BCUT2D eigenvalue weighted by atomic mass is 10.1. The summed E-state index contributed by atoms with van der Waals surface area (Å²) in [6.45, 7) is 3.81. The van der Waals surface area contributed by atoms with Crippen molar-refractivity contribution < 1.29 is 4.79 Å². The number of para-hydroxylation sites is 1. The van der Waals surface area contributed by atoms with E-state index >= 15 is 0 Å². The lowest BCUT2D eigenvalue weighted by Gasteiger charge is -2.26. The second-order valence-corrected chi connectivity index (χ2v) is 6.88. The van der Waals surface area contributed by atoms with Crippen molar-refractivity contribution >= 4 is 11.6 Å². The first-order chi connectivity index (χ1) is 11.6. The first kappa shape index (κ1) is 15.1. The van der Waals surface area contributed by atoms with Gasteiger partial charge in [-0.25, -0.2) is 4.68 Å². The Bertz CT molecular complexity index is 854. The van der Waals surface area contributed by atoms with E-state index in [1.54, 1.807) is 13.0 Å². The Labute approximate surface area is 140 Å². The summed E-state index contributed by atoms with van der Waals surface area (Å²) in [5, 5.41) is 4.46. The molecule has 1 aromatic heterocycles. The third kappa shape index (κ3) is 2.44. The van der Waals surface area contributed by atoms with Crippen LogP contribution < -0.4 is 10.5 Å². The quantitative estimate of drug-likeness (QED) is 0.872. The van der Waals surface area contributed by atoms with Gasteiger partial charge in [0.15, 0.2) is 0 Å². The van der Waals surface area contributed by atoms with Gasteiger partial charge in [-0.15, -0.1) is 0 Å². The SMILES string of the molecule is CC1Cc2ccccc2N1C(=O)C(C)n1nc(C2CC2)ccc1=O. The predicted molar refractivity (Wildman–Crippen MR) is 92.3 cm³/mol. The lowest BCUT2D eigenvalue weighted by Crippen LogP contribution is -2.43. The van der Waals surface area contributed by atoms with Gasteiger partial charge in [0.1, 0.15) is 6.04 Å². The zero-order valence-corrected chi connectivity index (χ0v) is 14.0. The van der Waals surface area contributed by atoms with E-state index in [2.05, 4.69) is 11.2 Å². The van der Waals surface area contributed by atoms with E-state index in [9.17, 15) is 9.59 Å². The third-order valence-electron chi connectivity index (χ3n) is 5.01. The normalized spacial score (nSPS) is 20.8. The van der Waals surface area contributed by atoms with E-state index in [1.165, 1.54) is 16.3 Å². The van der Waals surface area contributed by atoms with Crippen molar-refractivity contribution in [1.29, 1.82) is 0 Å². The number of aromatic nitrogens is 2. The van der Waals surface area contributed by atoms with Crippen LogP contribution in [0.3, 0.4) is 0 Å². The Balaban J connectivity index is 1.67. The molecule has 24 heavy (non-hydrogen) atoms. The fourth-order valence-electron chi connectivity index (χ4n) is 3.52. The second kappa shape index (κ2) is 5.58. The predicted octanol–water partition coefficient (Wildman–Crippen LogP) is 2.66. The summed E-state index contributed by atoms with van der Waals surface area (Å²) in [7, 11) is 0. The van der Waals surface area contributed by atoms with Crippen LogP contribution in [0.2, 0.25) is 0 Å². The zero-order chi connectivity index (χ0) is 16.8. The van der Waals surface area contributed by atoms with Gasteiger partial charge in [0.2, 0.25) is 0 Å². The molecule has 2 heterocycles. The van der Waals surface area contributed by atoms with Crippen LogP contribution in [0, 0.1) is 0 Å². The van der Waals surface area contributed by atoms with Crippen molar-refractivity contribution in [1.82, 2.24) is 9.78 Å². The molecule has 5 heteroatoms. The van der Waals surface area contributed by atoms with Crippen LogP contribution in [0.15, 0.2) is 41.2 Å². The van der Waals surface area contributed by atoms with Crippen molar-refractivity contribution in [3.63, 3.8) is 0 Å². The van der Waals surface area contributed by atoms with E-state index in [1.807, 2.05) is 30.0 Å². The first-order valence-electron chi connectivity index (χ1n) is 8.57. The number of rotatable bonds is 3. The van der Waals surface area contributed by atoms with Gasteiger partial charge in [-0.2, -0.15) is 5.10 Å². The van der Waals surface area contributed by atoms with Gasteiger partial charge in [0, 0.05) is 23.7 Å². The number of carbonyl (C=O) groups excluding carboxylic acids is 1. The topological polar surface area (TPSA) is 55.2 Å². The van der Waals surface area contributed by atoms with E-state index in [0.717, 1.165) is 30.6 Å². The summed E-state index contributed by atoms with van der Waals surface area (Å²) in [5.41, 5.74) is 2.83. The minimum atomic E-state index is -0.607. The molecule has 0 radical (unpaired) electrons. The Morgan fingerprint density at radius 2 is 1.96 bits per heavy atom. The molecule has 0 spiro atoms. The number of benzene rings is 1. The first-order valence-corrected chi connectivity index (χ1v) is 8.57. The van der Waals surface area contributed by atoms with Crippen LogP contribution in [-0.4, -0.2) is 21.7 Å². The number of hydrogen-bond donors (Lipinski definition) is 0. The molecular formula is C19H21N3O2. The molecule has 0 bridgehead atoms. The summed E-state index contributed by atoms with van der Waals surface area (Å²) < 4.78 is 1.35. The highest BCUT2D eigenvalue weighted by atomic mass is 16.2. The summed E-state index contributed by atoms with van der Waals surface area (Å²) in [6, 6.07) is 10.8. The average molecular weight is 323 g/mol. The summed E-state index contributed by atoms with van der Waals surface area (Å²) >= 11 is 0. The lowest BCUT2D eigenvalue weighted by molar-refractivity contribution is -0.122. The molecule has 1 aromatic carbocycles. The van der Waals surface area contributed by atoms with E-state index < -0.39 is 6.04 Å². The number of anilines is 1. The molecule has 2 unspecified atom stereocenters. The second-order valence-electron chi connectivity index (χ2n) is 6.88. The third-order valence-corrected chi connectivity index (χ3v) is 5.01. The molecular weight excluding hydrogens is 302 g/mol. The maximum absolute atomic E-state index is 13.1. The highest BCUT2D eigenvalue weighted by molar-refractivity contribution is 5.98. The maximum Gasteiger partial charge on any atom is 0.267 e. The van der Waals surface area contributed by atoms with Crippen molar-refractivity contribution in [2.24, 2.45) is 0 Å². The van der Waals surface area contributed by atoms with Crippen molar-refractivity contribution in [3.8, 4) is 0 Å². The van der Waals surface area contributed by atoms with Crippen molar-refractivity contribution in [2.75, 3.05) is 4.90 Å². The van der Waals surface area contributed by atoms with E-state index in [-0.39, 0.29) is 17.5 Å². The van der Waals surface area contributed by atoms with Gasteiger partial charge >= 0.3 is 0 Å². The molecule has 1 aliphatic heterocycles. The highest BCUT2D eigenvalue weighted by Gasteiger charge is 2.34. The molecule has 0 saturated heterocycles. The van der Waals surface area contributed by atoms with Crippen molar-refractivity contribution in [3.05, 3.63) is 58.0 Å². The minimum Gasteiger partial charge on any atom is -0.307 e. The minimum absolute atomic E-state index is 0.0741.